The van der Waals surface area contributed by atoms with Crippen LogP contribution in [0.15, 0.2) is 12.2 Å². The third-order valence-electron chi connectivity index (χ3n) is 11.8. The topological polar surface area (TPSA) is 192 Å². The van der Waals surface area contributed by atoms with Gasteiger partial charge in [-0.05, 0) is 38.5 Å². The molecule has 0 aromatic heterocycles. The fraction of sp³-hybridized carbons (Fsp3) is 0.936. The summed E-state index contributed by atoms with van der Waals surface area (Å²) in [6.45, 7) is 3.45. The molecule has 12 nitrogen and oxygen atoms in total. The summed E-state index contributed by atoms with van der Waals surface area (Å²) in [6, 6.07) is -0.857. The molecule has 13 heteroatoms. The van der Waals surface area contributed by atoms with Gasteiger partial charge >= 0.3 is 10.4 Å². The monoisotopic (exact) mass is 878 g/mol. The molecule has 1 aliphatic heterocycles. The van der Waals surface area contributed by atoms with Gasteiger partial charge < -0.3 is 35.2 Å². The number of ether oxygens (including phenoxy) is 2. The molecule has 7 atom stereocenters. The number of aliphatic hydroxyl groups is 4. The van der Waals surface area contributed by atoms with Crippen LogP contribution in [-0.2, 0) is 28.9 Å². The van der Waals surface area contributed by atoms with E-state index in [4.69, 9.17) is 9.47 Å². The van der Waals surface area contributed by atoms with Crippen LogP contribution in [-0.4, -0.2) is 95.4 Å². The Kier molecular flexibility index (Phi) is 36.3. The predicted octanol–water partition coefficient (Wildman–Crippen LogP) is 9.95. The Hall–Kier alpha value is -1.16. The van der Waals surface area contributed by atoms with E-state index in [1.807, 2.05) is 0 Å². The van der Waals surface area contributed by atoms with Crippen molar-refractivity contribution in [3.63, 3.8) is 0 Å². The Morgan fingerprint density at radius 2 is 1.07 bits per heavy atom. The molecule has 7 unspecified atom stereocenters. The lowest BCUT2D eigenvalue weighted by Crippen LogP contribution is -2.61. The summed E-state index contributed by atoms with van der Waals surface area (Å²) in [7, 11) is -5.07. The van der Waals surface area contributed by atoms with Crippen LogP contribution in [0, 0.1) is 0 Å². The van der Waals surface area contributed by atoms with Crippen molar-refractivity contribution in [3.05, 3.63) is 12.2 Å². The fourth-order valence-electron chi connectivity index (χ4n) is 7.98. The molecule has 6 N–H and O–H groups in total. The van der Waals surface area contributed by atoms with E-state index in [0.717, 1.165) is 51.4 Å². The van der Waals surface area contributed by atoms with Crippen molar-refractivity contribution in [2.45, 2.75) is 269 Å². The molecule has 60 heavy (non-hydrogen) atoms. The lowest BCUT2D eigenvalue weighted by molar-refractivity contribution is -0.298. The molecule has 1 amide bonds. The zero-order valence-electron chi connectivity index (χ0n) is 38.0. The average Bonchev–Trinajstić information content (AvgIpc) is 3.22. The highest BCUT2D eigenvalue weighted by Gasteiger charge is 2.48. The van der Waals surface area contributed by atoms with Gasteiger partial charge in [-0.25, -0.2) is 4.18 Å². The van der Waals surface area contributed by atoms with E-state index < -0.39 is 59.9 Å². The maximum atomic E-state index is 13.1. The molecule has 1 heterocycles. The van der Waals surface area contributed by atoms with Crippen LogP contribution >= 0.6 is 0 Å². The van der Waals surface area contributed by atoms with Crippen LogP contribution in [0.2, 0.25) is 0 Å². The van der Waals surface area contributed by atoms with Crippen molar-refractivity contribution in [2.24, 2.45) is 0 Å². The molecular formula is C47H91NO11S. The summed E-state index contributed by atoms with van der Waals surface area (Å²) >= 11 is 0. The van der Waals surface area contributed by atoms with Crippen LogP contribution in [0.1, 0.15) is 226 Å². The van der Waals surface area contributed by atoms with Crippen molar-refractivity contribution in [2.75, 3.05) is 13.2 Å². The van der Waals surface area contributed by atoms with Crippen molar-refractivity contribution >= 4 is 16.3 Å². The van der Waals surface area contributed by atoms with Crippen LogP contribution in [0.4, 0.5) is 0 Å². The molecule has 1 aliphatic rings. The molecule has 0 saturated carbocycles. The van der Waals surface area contributed by atoms with Crippen molar-refractivity contribution in [1.82, 2.24) is 5.32 Å². The normalized spacial score (nSPS) is 20.8. The highest BCUT2D eigenvalue weighted by atomic mass is 32.3. The number of amides is 1. The van der Waals surface area contributed by atoms with Gasteiger partial charge in [0.1, 0.15) is 24.4 Å². The molecule has 0 radical (unpaired) electrons. The highest BCUT2D eigenvalue weighted by molar-refractivity contribution is 7.80. The summed E-state index contributed by atoms with van der Waals surface area (Å²) in [5.74, 6) is -0.233. The van der Waals surface area contributed by atoms with Gasteiger partial charge in [-0.15, -0.1) is 0 Å². The maximum Gasteiger partial charge on any atom is 0.397 e. The van der Waals surface area contributed by atoms with Gasteiger partial charge in [0.2, 0.25) is 5.91 Å². The van der Waals surface area contributed by atoms with E-state index in [1.165, 1.54) is 141 Å². The summed E-state index contributed by atoms with van der Waals surface area (Å²) in [5, 5.41) is 44.9. The second kappa shape index (κ2) is 38.3. The van der Waals surface area contributed by atoms with Gasteiger partial charge in [-0.3, -0.25) is 9.35 Å². The zero-order valence-corrected chi connectivity index (χ0v) is 38.9. The minimum atomic E-state index is -5.07. The van der Waals surface area contributed by atoms with E-state index in [0.29, 0.717) is 12.8 Å². The summed E-state index contributed by atoms with van der Waals surface area (Å²) in [5.41, 5.74) is 0. The maximum absolute atomic E-state index is 13.1. The number of aliphatic hydroxyl groups excluding tert-OH is 4. The number of carbonyl (C=O) groups is 1. The second-order valence-electron chi connectivity index (χ2n) is 17.4. The minimum absolute atomic E-state index is 0.233. The first-order valence-corrected chi connectivity index (χ1v) is 25.9. The number of carbonyl (C=O) groups excluding carboxylic acids is 1. The molecule has 1 saturated heterocycles. The number of hydrogen-bond donors (Lipinski definition) is 6. The number of nitrogens with one attached hydrogen (secondary N) is 1. The first kappa shape index (κ1) is 56.9. The van der Waals surface area contributed by atoms with E-state index in [9.17, 15) is 38.2 Å². The van der Waals surface area contributed by atoms with E-state index in [-0.39, 0.29) is 18.9 Å². The fourth-order valence-corrected chi connectivity index (χ4v) is 8.49. The molecule has 0 aromatic rings. The quantitative estimate of drug-likeness (QED) is 0.0194. The Bertz CT molecular complexity index is 1130. The van der Waals surface area contributed by atoms with Crippen LogP contribution in [0.5, 0.6) is 0 Å². The molecule has 1 fully saturated rings. The van der Waals surface area contributed by atoms with Gasteiger partial charge in [-0.2, -0.15) is 8.42 Å². The summed E-state index contributed by atoms with van der Waals surface area (Å²) in [6.07, 6.45) is 33.5. The first-order chi connectivity index (χ1) is 29.0. The van der Waals surface area contributed by atoms with Crippen molar-refractivity contribution in [1.29, 1.82) is 0 Å². The number of allylic oxidation sites excluding steroid dienone is 2. The molecular weight excluding hydrogens is 787 g/mol. The minimum Gasteiger partial charge on any atom is -0.394 e. The third kappa shape index (κ3) is 30.8. The van der Waals surface area contributed by atoms with Gasteiger partial charge in [0.15, 0.2) is 6.29 Å². The van der Waals surface area contributed by atoms with E-state index in [2.05, 4.69) is 35.5 Å². The van der Waals surface area contributed by atoms with Crippen molar-refractivity contribution in [3.8, 4) is 0 Å². The summed E-state index contributed by atoms with van der Waals surface area (Å²) < 4.78 is 47.7. The second-order valence-corrected chi connectivity index (χ2v) is 18.5. The molecule has 1 rings (SSSR count). The number of rotatable bonds is 42. The van der Waals surface area contributed by atoms with Gasteiger partial charge in [0.05, 0.1) is 25.4 Å². The third-order valence-corrected chi connectivity index (χ3v) is 12.3. The van der Waals surface area contributed by atoms with Crippen LogP contribution in [0.25, 0.3) is 0 Å². The molecule has 0 aliphatic carbocycles. The van der Waals surface area contributed by atoms with Crippen LogP contribution in [0.3, 0.4) is 0 Å². The van der Waals surface area contributed by atoms with Crippen molar-refractivity contribution < 1.29 is 51.8 Å². The molecule has 356 valence electrons. The van der Waals surface area contributed by atoms with Gasteiger partial charge in [-0.1, -0.05) is 193 Å². The first-order valence-electron chi connectivity index (χ1n) is 24.6. The Morgan fingerprint density at radius 1 is 0.650 bits per heavy atom. The SMILES string of the molecule is CCCCCCCC/C=C\CCCCCCCCCC(=O)NC(COC1OC(CO)C(O)C(OS(=O)(=O)O)C1O)C(O)CCCCCCCCCCCCCCCCCC. The standard InChI is InChI=1S/C47H91NO11S/c1-3-5-7-9-11-13-15-17-19-21-23-25-27-29-31-33-35-37-43(51)48-40(39-57-47-45(53)46(59-60(54,55)56)44(52)42(38-49)58-47)41(50)36-34-32-30-28-26-24-22-20-18-16-14-12-10-8-6-4-2/h17,19,40-42,44-47,49-50,52-53H,3-16,18,20-39H2,1-2H3,(H,48,51)(H,54,55,56)/b19-17-. The predicted molar refractivity (Wildman–Crippen MR) is 241 cm³/mol. The molecule has 0 bridgehead atoms. The average molecular weight is 878 g/mol. The number of unbranched alkanes of at least 4 members (excludes halogenated alkanes) is 28. The van der Waals surface area contributed by atoms with E-state index >= 15 is 0 Å². The van der Waals surface area contributed by atoms with Gasteiger partial charge in [0.25, 0.3) is 0 Å². The Labute approximate surface area is 366 Å². The largest absolute Gasteiger partial charge is 0.397 e. The Balaban J connectivity index is 2.47. The Morgan fingerprint density at radius 3 is 1.50 bits per heavy atom. The zero-order chi connectivity index (χ0) is 44.1. The lowest BCUT2D eigenvalue weighted by atomic mass is 9.99. The smallest absolute Gasteiger partial charge is 0.394 e. The number of hydrogen-bond acceptors (Lipinski definition) is 10. The lowest BCUT2D eigenvalue weighted by Gasteiger charge is -2.41. The molecule has 0 aromatic carbocycles. The van der Waals surface area contributed by atoms with Crippen LogP contribution < -0.4 is 5.32 Å². The summed E-state index contributed by atoms with van der Waals surface area (Å²) in [4.78, 5) is 13.1. The molecule has 0 spiro atoms. The van der Waals surface area contributed by atoms with Gasteiger partial charge in [0, 0.05) is 6.42 Å². The highest BCUT2D eigenvalue weighted by Crippen LogP contribution is 2.26. The van der Waals surface area contributed by atoms with E-state index in [1.54, 1.807) is 0 Å².